The normalized spacial score (nSPS) is 13.0. The summed E-state index contributed by atoms with van der Waals surface area (Å²) >= 11 is 6.19. The predicted octanol–water partition coefficient (Wildman–Crippen LogP) is 5.54. The van der Waals surface area contributed by atoms with E-state index >= 15 is 0 Å². The van der Waals surface area contributed by atoms with Gasteiger partial charge in [0.1, 0.15) is 5.60 Å². The van der Waals surface area contributed by atoms with E-state index in [0.29, 0.717) is 5.02 Å². The molecule has 0 saturated heterocycles. The maximum absolute atomic E-state index is 12.3. The van der Waals surface area contributed by atoms with Crippen LogP contribution in [0.3, 0.4) is 0 Å². The molecule has 4 heteroatoms. The second-order valence-corrected chi connectivity index (χ2v) is 7.49. The number of benzene rings is 2. The van der Waals surface area contributed by atoms with Crippen LogP contribution in [0.15, 0.2) is 53.5 Å². The molecular formula is C21H24ClNO2. The lowest BCUT2D eigenvalue weighted by atomic mass is 10.0. The Balaban J connectivity index is 2.27. The third-order valence-electron chi connectivity index (χ3n) is 3.43. The number of hydrogen-bond acceptors (Lipinski definition) is 3. The average Bonchev–Trinajstić information content (AvgIpc) is 2.49. The smallest absolute Gasteiger partial charge is 0.308 e. The molecule has 2 aromatic carbocycles. The van der Waals surface area contributed by atoms with Gasteiger partial charge in [-0.1, -0.05) is 48.0 Å². The van der Waals surface area contributed by atoms with E-state index in [2.05, 4.69) is 4.99 Å². The number of hydrogen-bond donors (Lipinski definition) is 0. The summed E-state index contributed by atoms with van der Waals surface area (Å²) in [4.78, 5) is 16.9. The van der Waals surface area contributed by atoms with Crippen molar-refractivity contribution in [3.8, 4) is 0 Å². The first kappa shape index (κ1) is 19.2. The van der Waals surface area contributed by atoms with Crippen molar-refractivity contribution in [2.75, 3.05) is 0 Å². The molecule has 25 heavy (non-hydrogen) atoms. The number of halogens is 1. The molecule has 132 valence electrons. The number of ether oxygens (including phenoxy) is 1. The van der Waals surface area contributed by atoms with Gasteiger partial charge < -0.3 is 4.74 Å². The third-order valence-corrected chi connectivity index (χ3v) is 3.65. The van der Waals surface area contributed by atoms with Gasteiger partial charge in [0.05, 0.1) is 12.5 Å². The van der Waals surface area contributed by atoms with Gasteiger partial charge in [0.25, 0.3) is 0 Å². The van der Waals surface area contributed by atoms with Gasteiger partial charge in [0.15, 0.2) is 0 Å². The zero-order valence-corrected chi connectivity index (χ0v) is 15.9. The molecule has 0 aromatic heterocycles. The van der Waals surface area contributed by atoms with Crippen molar-refractivity contribution in [2.24, 2.45) is 4.99 Å². The molecule has 0 N–H and O–H groups in total. The Morgan fingerprint density at radius 2 is 1.88 bits per heavy atom. The Morgan fingerprint density at radius 1 is 1.20 bits per heavy atom. The Bertz CT molecular complexity index is 728. The number of nitrogens with zero attached hydrogens (tertiary/aromatic N) is 1. The van der Waals surface area contributed by atoms with E-state index in [1.54, 1.807) is 6.21 Å². The van der Waals surface area contributed by atoms with Crippen molar-refractivity contribution in [1.82, 2.24) is 0 Å². The number of aliphatic imine (C=N–C) groups is 1. The van der Waals surface area contributed by atoms with Gasteiger partial charge >= 0.3 is 5.97 Å². The summed E-state index contributed by atoms with van der Waals surface area (Å²) in [6.07, 6.45) is 1.95. The van der Waals surface area contributed by atoms with Crippen molar-refractivity contribution in [3.05, 3.63) is 70.2 Å². The van der Waals surface area contributed by atoms with Crippen LogP contribution in [0.4, 0.5) is 0 Å². The molecule has 0 aliphatic carbocycles. The lowest BCUT2D eigenvalue weighted by molar-refractivity contribution is -0.155. The summed E-state index contributed by atoms with van der Waals surface area (Å²) in [5.74, 6) is -0.277. The number of aryl methyl sites for hydroxylation is 1. The summed E-state index contributed by atoms with van der Waals surface area (Å²) in [6.45, 7) is 7.55. The van der Waals surface area contributed by atoms with Crippen molar-refractivity contribution < 1.29 is 9.53 Å². The summed E-state index contributed by atoms with van der Waals surface area (Å²) in [5.41, 5.74) is 2.40. The standard InChI is InChI=1S/C21H24ClNO2/c1-15-10-17(12-18(22)11-15)19(13-20(24)25-21(2,3)4)23-14-16-8-6-5-7-9-16/h5-12,14,19H,13H2,1-4H3/t19-/m0/s1. The molecule has 0 spiro atoms. The second-order valence-electron chi connectivity index (χ2n) is 7.06. The van der Waals surface area contributed by atoms with Gasteiger partial charge in [-0.3, -0.25) is 9.79 Å². The molecule has 2 rings (SSSR count). The van der Waals surface area contributed by atoms with Crippen molar-refractivity contribution in [1.29, 1.82) is 0 Å². The highest BCUT2D eigenvalue weighted by Gasteiger charge is 2.21. The highest BCUT2D eigenvalue weighted by molar-refractivity contribution is 6.30. The number of esters is 1. The molecule has 0 amide bonds. The average molecular weight is 358 g/mol. The van der Waals surface area contributed by atoms with Crippen LogP contribution in [-0.4, -0.2) is 17.8 Å². The number of carbonyl (C=O) groups excluding carboxylic acids is 1. The zero-order valence-electron chi connectivity index (χ0n) is 15.1. The van der Waals surface area contributed by atoms with Gasteiger partial charge in [0.2, 0.25) is 0 Å². The van der Waals surface area contributed by atoms with Crippen LogP contribution in [-0.2, 0) is 9.53 Å². The van der Waals surface area contributed by atoms with E-state index in [1.807, 2.05) is 76.2 Å². The molecule has 2 aromatic rings. The molecule has 0 bridgehead atoms. The van der Waals surface area contributed by atoms with Crippen LogP contribution in [0.2, 0.25) is 5.02 Å². The Labute approximate surface area is 154 Å². The van der Waals surface area contributed by atoms with Crippen LogP contribution < -0.4 is 0 Å². The molecule has 0 aliphatic heterocycles. The van der Waals surface area contributed by atoms with E-state index in [4.69, 9.17) is 16.3 Å². The molecule has 0 radical (unpaired) electrons. The summed E-state index contributed by atoms with van der Waals surface area (Å²) in [6, 6.07) is 15.2. The van der Waals surface area contributed by atoms with Gasteiger partial charge in [0, 0.05) is 11.2 Å². The summed E-state index contributed by atoms with van der Waals surface area (Å²) < 4.78 is 5.46. The minimum Gasteiger partial charge on any atom is -0.460 e. The second kappa shape index (κ2) is 8.30. The lowest BCUT2D eigenvalue weighted by Crippen LogP contribution is -2.24. The van der Waals surface area contributed by atoms with Crippen LogP contribution in [0.1, 0.15) is 49.9 Å². The minimum absolute atomic E-state index is 0.167. The highest BCUT2D eigenvalue weighted by atomic mass is 35.5. The van der Waals surface area contributed by atoms with Crippen LogP contribution >= 0.6 is 11.6 Å². The van der Waals surface area contributed by atoms with E-state index in [1.165, 1.54) is 0 Å². The monoisotopic (exact) mass is 357 g/mol. The van der Waals surface area contributed by atoms with E-state index < -0.39 is 5.60 Å². The highest BCUT2D eigenvalue weighted by Crippen LogP contribution is 2.27. The first-order valence-corrected chi connectivity index (χ1v) is 8.68. The Hall–Kier alpha value is -2.13. The maximum Gasteiger partial charge on any atom is 0.308 e. The van der Waals surface area contributed by atoms with E-state index in [-0.39, 0.29) is 18.4 Å². The molecule has 0 unspecified atom stereocenters. The van der Waals surface area contributed by atoms with Crippen LogP contribution in [0, 0.1) is 6.92 Å². The molecule has 0 saturated carbocycles. The lowest BCUT2D eigenvalue weighted by Gasteiger charge is -2.21. The van der Waals surface area contributed by atoms with Crippen molar-refractivity contribution >= 4 is 23.8 Å². The van der Waals surface area contributed by atoms with Crippen LogP contribution in [0.5, 0.6) is 0 Å². The quantitative estimate of drug-likeness (QED) is 0.520. The number of rotatable bonds is 5. The first-order valence-electron chi connectivity index (χ1n) is 8.30. The topological polar surface area (TPSA) is 38.7 Å². The fourth-order valence-electron chi connectivity index (χ4n) is 2.47. The zero-order chi connectivity index (χ0) is 18.4. The van der Waals surface area contributed by atoms with E-state index in [9.17, 15) is 4.79 Å². The molecule has 0 aliphatic rings. The largest absolute Gasteiger partial charge is 0.460 e. The van der Waals surface area contributed by atoms with Gasteiger partial charge in [-0.05, 0) is 56.5 Å². The Kier molecular flexibility index (Phi) is 6.38. The van der Waals surface area contributed by atoms with E-state index in [0.717, 1.165) is 16.7 Å². The summed E-state index contributed by atoms with van der Waals surface area (Å²) in [5, 5.41) is 0.638. The van der Waals surface area contributed by atoms with Crippen LogP contribution in [0.25, 0.3) is 0 Å². The Morgan fingerprint density at radius 3 is 2.48 bits per heavy atom. The number of carbonyl (C=O) groups is 1. The molecule has 3 nitrogen and oxygen atoms in total. The van der Waals surface area contributed by atoms with Gasteiger partial charge in [-0.25, -0.2) is 0 Å². The van der Waals surface area contributed by atoms with Crippen molar-refractivity contribution in [2.45, 2.75) is 45.8 Å². The first-order chi connectivity index (χ1) is 11.7. The van der Waals surface area contributed by atoms with Gasteiger partial charge in [-0.2, -0.15) is 0 Å². The fourth-order valence-corrected chi connectivity index (χ4v) is 2.77. The SMILES string of the molecule is Cc1cc(Cl)cc([C@H](CC(=O)OC(C)(C)C)N=Cc2ccccc2)c1. The van der Waals surface area contributed by atoms with Crippen molar-refractivity contribution in [3.63, 3.8) is 0 Å². The molecule has 1 atom stereocenters. The molecular weight excluding hydrogens is 334 g/mol. The van der Waals surface area contributed by atoms with Gasteiger partial charge in [-0.15, -0.1) is 0 Å². The minimum atomic E-state index is -0.519. The fraction of sp³-hybridized carbons (Fsp3) is 0.333. The predicted molar refractivity (Wildman–Crippen MR) is 103 cm³/mol. The third kappa shape index (κ3) is 6.71. The maximum atomic E-state index is 12.3. The summed E-state index contributed by atoms with van der Waals surface area (Å²) in [7, 11) is 0. The molecule has 0 heterocycles. The molecule has 0 fully saturated rings.